The molecule has 8 heteroatoms. The van der Waals surface area contributed by atoms with Crippen LogP contribution in [0.2, 0.25) is 0 Å². The monoisotopic (exact) mass is 425 g/mol. The lowest BCUT2D eigenvalue weighted by Gasteiger charge is -2.07. The minimum Gasteiger partial charge on any atom is -0.456 e. The lowest BCUT2D eigenvalue weighted by atomic mass is 10.1. The maximum Gasteiger partial charge on any atom is 0.291 e. The van der Waals surface area contributed by atoms with Gasteiger partial charge in [0.25, 0.3) is 15.9 Å². The fourth-order valence-corrected chi connectivity index (χ4v) is 3.55. The van der Waals surface area contributed by atoms with E-state index in [1.54, 1.807) is 74.5 Å². The number of nitrogens with zero attached hydrogens (tertiary/aromatic N) is 1. The van der Waals surface area contributed by atoms with E-state index < -0.39 is 10.0 Å². The van der Waals surface area contributed by atoms with Gasteiger partial charge >= 0.3 is 0 Å². The largest absolute Gasteiger partial charge is 0.456 e. The number of carbonyl (C=O) groups is 1. The molecule has 2 N–H and O–H groups in total. The zero-order chi connectivity index (χ0) is 21.7. The Bertz CT molecular complexity index is 1160. The summed E-state index contributed by atoms with van der Waals surface area (Å²) in [7, 11) is -3.75. The van der Waals surface area contributed by atoms with Crippen LogP contribution in [0.3, 0.4) is 0 Å². The van der Waals surface area contributed by atoms with Crippen molar-refractivity contribution in [1.82, 2.24) is 4.83 Å². The number of aryl methyl sites for hydroxylation is 2. The van der Waals surface area contributed by atoms with E-state index >= 15 is 0 Å². The first-order chi connectivity index (χ1) is 14.3. The van der Waals surface area contributed by atoms with Gasteiger partial charge in [-0.2, -0.15) is 18.4 Å². The minimum absolute atomic E-state index is 0.155. The standard InChI is InChI=1S/C22H23N3O4S/c1-4-17-6-12-20(13-7-17)30(27,28)25-24-16(3)18-8-10-19(11-9-18)23-22(26)21-14-5-15(2)29-21/h5-14,25H,4H2,1-3H3,(H,23,26)/b24-16+. The third-order valence-corrected chi connectivity index (χ3v) is 5.72. The Morgan fingerprint density at radius 3 is 2.23 bits per heavy atom. The van der Waals surface area contributed by atoms with Gasteiger partial charge in [-0.15, -0.1) is 0 Å². The number of sulfonamides is 1. The average molecular weight is 426 g/mol. The lowest BCUT2D eigenvalue weighted by Crippen LogP contribution is -2.20. The van der Waals surface area contributed by atoms with Crippen molar-refractivity contribution < 1.29 is 17.6 Å². The number of hydrogen-bond acceptors (Lipinski definition) is 5. The first kappa shape index (κ1) is 21.3. The summed E-state index contributed by atoms with van der Waals surface area (Å²) in [6.45, 7) is 5.47. The second-order valence-electron chi connectivity index (χ2n) is 6.73. The maximum atomic E-state index is 12.4. The third kappa shape index (κ3) is 5.15. The molecule has 1 aromatic heterocycles. The van der Waals surface area contributed by atoms with E-state index in [9.17, 15) is 13.2 Å². The maximum absolute atomic E-state index is 12.4. The van der Waals surface area contributed by atoms with Crippen molar-refractivity contribution in [3.8, 4) is 0 Å². The number of anilines is 1. The Morgan fingerprint density at radius 2 is 1.67 bits per heavy atom. The van der Waals surface area contributed by atoms with Crippen molar-refractivity contribution in [1.29, 1.82) is 0 Å². The molecular formula is C22H23N3O4S. The molecule has 0 saturated carbocycles. The second kappa shape index (κ2) is 8.96. The van der Waals surface area contributed by atoms with Gasteiger partial charge in [0.2, 0.25) is 0 Å². The number of hydrogen-bond donors (Lipinski definition) is 2. The van der Waals surface area contributed by atoms with Gasteiger partial charge in [-0.3, -0.25) is 4.79 Å². The summed E-state index contributed by atoms with van der Waals surface area (Å²) in [4.78, 5) is 14.5. The lowest BCUT2D eigenvalue weighted by molar-refractivity contribution is 0.0995. The van der Waals surface area contributed by atoms with E-state index in [1.807, 2.05) is 6.92 Å². The molecule has 0 atom stereocenters. The highest BCUT2D eigenvalue weighted by atomic mass is 32.2. The highest BCUT2D eigenvalue weighted by Crippen LogP contribution is 2.14. The zero-order valence-electron chi connectivity index (χ0n) is 17.0. The fourth-order valence-electron chi connectivity index (χ4n) is 2.69. The normalized spacial score (nSPS) is 11.9. The van der Waals surface area contributed by atoms with E-state index in [0.717, 1.165) is 12.0 Å². The molecule has 0 aliphatic rings. The van der Waals surface area contributed by atoms with Gasteiger partial charge in [-0.25, -0.2) is 0 Å². The number of rotatable bonds is 7. The van der Waals surface area contributed by atoms with E-state index in [4.69, 9.17) is 4.42 Å². The molecule has 7 nitrogen and oxygen atoms in total. The molecule has 0 saturated heterocycles. The number of hydrazone groups is 1. The Morgan fingerprint density at radius 1 is 1.00 bits per heavy atom. The molecule has 3 rings (SSSR count). The molecule has 0 radical (unpaired) electrons. The van der Waals surface area contributed by atoms with Crippen LogP contribution in [-0.4, -0.2) is 20.0 Å². The van der Waals surface area contributed by atoms with Gasteiger partial charge in [0.15, 0.2) is 5.76 Å². The number of amides is 1. The summed E-state index contributed by atoms with van der Waals surface area (Å²) in [5.74, 6) is 0.546. The number of nitrogens with one attached hydrogen (secondary N) is 2. The van der Waals surface area contributed by atoms with Crippen molar-refractivity contribution >= 4 is 27.3 Å². The van der Waals surface area contributed by atoms with Crippen LogP contribution in [0, 0.1) is 6.92 Å². The molecule has 0 spiro atoms. The summed E-state index contributed by atoms with van der Waals surface area (Å²) in [5, 5.41) is 6.74. The van der Waals surface area contributed by atoms with Crippen molar-refractivity contribution in [2.45, 2.75) is 32.1 Å². The van der Waals surface area contributed by atoms with Crippen LogP contribution in [0.5, 0.6) is 0 Å². The molecule has 0 aliphatic carbocycles. The van der Waals surface area contributed by atoms with Crippen LogP contribution >= 0.6 is 0 Å². The van der Waals surface area contributed by atoms with Gasteiger partial charge in [0.05, 0.1) is 10.6 Å². The van der Waals surface area contributed by atoms with Crippen molar-refractivity contribution in [3.05, 3.63) is 83.3 Å². The molecule has 1 amide bonds. The number of furan rings is 1. The van der Waals surface area contributed by atoms with Crippen LogP contribution in [0.1, 0.15) is 41.3 Å². The van der Waals surface area contributed by atoms with Crippen LogP contribution in [0.4, 0.5) is 5.69 Å². The molecule has 0 bridgehead atoms. The van der Waals surface area contributed by atoms with E-state index in [0.29, 0.717) is 22.7 Å². The van der Waals surface area contributed by atoms with Gasteiger partial charge < -0.3 is 9.73 Å². The van der Waals surface area contributed by atoms with Crippen LogP contribution in [-0.2, 0) is 16.4 Å². The molecule has 2 aromatic carbocycles. The predicted molar refractivity (Wildman–Crippen MR) is 116 cm³/mol. The van der Waals surface area contributed by atoms with E-state index in [2.05, 4.69) is 15.2 Å². The topological polar surface area (TPSA) is 101 Å². The highest BCUT2D eigenvalue weighted by Gasteiger charge is 2.13. The third-order valence-electron chi connectivity index (χ3n) is 4.50. The smallest absolute Gasteiger partial charge is 0.291 e. The molecular weight excluding hydrogens is 402 g/mol. The first-order valence-corrected chi connectivity index (χ1v) is 10.9. The molecule has 30 heavy (non-hydrogen) atoms. The average Bonchev–Trinajstić information content (AvgIpc) is 3.19. The predicted octanol–water partition coefficient (Wildman–Crippen LogP) is 4.11. The van der Waals surface area contributed by atoms with Crippen molar-refractivity contribution in [2.75, 3.05) is 5.32 Å². The Labute approximate surface area is 175 Å². The van der Waals surface area contributed by atoms with E-state index in [1.165, 1.54) is 0 Å². The molecule has 156 valence electrons. The molecule has 0 unspecified atom stereocenters. The summed E-state index contributed by atoms with van der Waals surface area (Å²) in [5.41, 5.74) is 2.85. The summed E-state index contributed by atoms with van der Waals surface area (Å²) >= 11 is 0. The van der Waals surface area contributed by atoms with E-state index in [-0.39, 0.29) is 16.6 Å². The Balaban J connectivity index is 1.66. The molecule has 1 heterocycles. The van der Waals surface area contributed by atoms with Gasteiger partial charge in [0.1, 0.15) is 5.76 Å². The van der Waals surface area contributed by atoms with Crippen LogP contribution in [0.15, 0.2) is 75.1 Å². The summed E-state index contributed by atoms with van der Waals surface area (Å²) < 4.78 is 30.1. The van der Waals surface area contributed by atoms with Crippen molar-refractivity contribution in [2.24, 2.45) is 5.10 Å². The van der Waals surface area contributed by atoms with Crippen LogP contribution in [0.25, 0.3) is 0 Å². The summed E-state index contributed by atoms with van der Waals surface area (Å²) in [6, 6.07) is 16.9. The fraction of sp³-hybridized carbons (Fsp3) is 0.182. The minimum atomic E-state index is -3.75. The SMILES string of the molecule is CCc1ccc(S(=O)(=O)N/N=C(\C)c2ccc(NC(=O)c3ccc(C)o3)cc2)cc1. The van der Waals surface area contributed by atoms with Crippen LogP contribution < -0.4 is 10.1 Å². The molecule has 0 aliphatic heterocycles. The number of benzene rings is 2. The molecule has 0 fully saturated rings. The Hall–Kier alpha value is -3.39. The zero-order valence-corrected chi connectivity index (χ0v) is 17.8. The highest BCUT2D eigenvalue weighted by molar-refractivity contribution is 7.89. The molecule has 3 aromatic rings. The van der Waals surface area contributed by atoms with Gasteiger partial charge in [0, 0.05) is 5.69 Å². The Kier molecular flexibility index (Phi) is 6.37. The summed E-state index contributed by atoms with van der Waals surface area (Å²) in [6.07, 6.45) is 0.836. The first-order valence-electron chi connectivity index (χ1n) is 9.42. The number of carbonyl (C=O) groups excluding carboxylic acids is 1. The van der Waals surface area contributed by atoms with Gasteiger partial charge in [-0.1, -0.05) is 31.2 Å². The second-order valence-corrected chi connectivity index (χ2v) is 8.39. The van der Waals surface area contributed by atoms with Crippen molar-refractivity contribution in [3.63, 3.8) is 0 Å². The van der Waals surface area contributed by atoms with Gasteiger partial charge in [-0.05, 0) is 67.8 Å². The quantitative estimate of drug-likeness (QED) is 0.439.